The summed E-state index contributed by atoms with van der Waals surface area (Å²) in [6, 6.07) is 17.2. The minimum atomic E-state index is -1.70. The Morgan fingerprint density at radius 2 is 1.69 bits per heavy atom. The molecule has 2 aromatic carbocycles. The number of carbonyl (C=O) groups excluding carboxylic acids is 2. The van der Waals surface area contributed by atoms with E-state index in [1.54, 1.807) is 11.8 Å². The van der Waals surface area contributed by atoms with Crippen LogP contribution in [-0.4, -0.2) is 47.1 Å². The highest BCUT2D eigenvalue weighted by Crippen LogP contribution is 2.40. The van der Waals surface area contributed by atoms with Crippen molar-refractivity contribution in [2.45, 2.75) is 25.8 Å². The van der Waals surface area contributed by atoms with Gasteiger partial charge in [-0.2, -0.15) is 0 Å². The summed E-state index contributed by atoms with van der Waals surface area (Å²) in [6.07, 6.45) is 0.686. The maximum atomic E-state index is 12.9. The number of aliphatic carboxylic acids is 1. The highest BCUT2D eigenvalue weighted by atomic mass is 32.1. The second-order valence-electron chi connectivity index (χ2n) is 8.24. The molecular weight excluding hydrogens is 482 g/mol. The molecular formula is C26H25N3O6S. The van der Waals surface area contributed by atoms with Gasteiger partial charge in [-0.15, -0.1) is 11.3 Å². The van der Waals surface area contributed by atoms with Crippen LogP contribution < -0.4 is 15.5 Å². The minimum Gasteiger partial charge on any atom is -0.478 e. The fourth-order valence-corrected chi connectivity index (χ4v) is 5.59. The van der Waals surface area contributed by atoms with Gasteiger partial charge in [0.1, 0.15) is 5.00 Å². The third-order valence-corrected chi connectivity index (χ3v) is 7.27. The number of carbonyl (C=O) groups is 4. The molecule has 0 bridgehead atoms. The number of fused-ring (bicyclic) bond motifs is 1. The Bertz CT molecular complexity index is 1300. The highest BCUT2D eigenvalue weighted by Gasteiger charge is 2.33. The molecule has 36 heavy (non-hydrogen) atoms. The van der Waals surface area contributed by atoms with Gasteiger partial charge in [0.15, 0.2) is 0 Å². The van der Waals surface area contributed by atoms with E-state index in [0.29, 0.717) is 29.1 Å². The Hall–Kier alpha value is -4.02. The SMILES string of the molecule is CCC(=O)N(CC1NCCc2c1sc(NC(=O)C(=O)O)c2C(=O)O)c1ccc(-c2ccccc2)cc1. The van der Waals surface area contributed by atoms with Gasteiger partial charge in [-0.25, -0.2) is 9.59 Å². The van der Waals surface area contributed by atoms with E-state index in [-0.39, 0.29) is 29.4 Å². The van der Waals surface area contributed by atoms with Crippen molar-refractivity contribution in [2.75, 3.05) is 23.3 Å². The van der Waals surface area contributed by atoms with Crippen molar-refractivity contribution in [3.8, 4) is 11.1 Å². The largest absolute Gasteiger partial charge is 0.478 e. The number of carboxylic acids is 2. The van der Waals surface area contributed by atoms with Crippen molar-refractivity contribution in [1.29, 1.82) is 0 Å². The first kappa shape index (κ1) is 25.1. The number of aromatic carboxylic acids is 1. The van der Waals surface area contributed by atoms with Gasteiger partial charge < -0.3 is 25.7 Å². The summed E-state index contributed by atoms with van der Waals surface area (Å²) in [4.78, 5) is 50.0. The molecule has 4 N–H and O–H groups in total. The van der Waals surface area contributed by atoms with E-state index in [1.165, 1.54) is 0 Å². The van der Waals surface area contributed by atoms with Crippen LogP contribution in [0.5, 0.6) is 0 Å². The molecule has 1 unspecified atom stereocenters. The van der Waals surface area contributed by atoms with E-state index in [2.05, 4.69) is 10.6 Å². The van der Waals surface area contributed by atoms with E-state index < -0.39 is 23.9 Å². The maximum Gasteiger partial charge on any atom is 0.394 e. The Kier molecular flexibility index (Phi) is 7.47. The Balaban J connectivity index is 1.65. The number of thiophene rings is 1. The zero-order chi connectivity index (χ0) is 25.8. The predicted molar refractivity (Wildman–Crippen MR) is 137 cm³/mol. The Morgan fingerprint density at radius 3 is 2.31 bits per heavy atom. The fraction of sp³-hybridized carbons (Fsp3) is 0.231. The summed E-state index contributed by atoms with van der Waals surface area (Å²) in [7, 11) is 0. The number of nitrogens with one attached hydrogen (secondary N) is 2. The van der Waals surface area contributed by atoms with Gasteiger partial charge in [0.25, 0.3) is 0 Å². The summed E-state index contributed by atoms with van der Waals surface area (Å²) in [5.74, 6) is -4.34. The number of benzene rings is 2. The lowest BCUT2D eigenvalue weighted by Gasteiger charge is -2.31. The molecule has 0 fully saturated rings. The molecule has 3 aromatic rings. The van der Waals surface area contributed by atoms with Crippen LogP contribution in [0.2, 0.25) is 0 Å². The first-order chi connectivity index (χ1) is 17.3. The number of hydrogen-bond donors (Lipinski definition) is 4. The second kappa shape index (κ2) is 10.7. The molecule has 1 atom stereocenters. The van der Waals surface area contributed by atoms with Gasteiger partial charge in [0, 0.05) is 23.5 Å². The van der Waals surface area contributed by atoms with Gasteiger partial charge in [0.2, 0.25) is 5.91 Å². The molecule has 0 saturated carbocycles. The van der Waals surface area contributed by atoms with Gasteiger partial charge in [-0.05, 0) is 41.8 Å². The third kappa shape index (κ3) is 5.14. The average Bonchev–Trinajstić information content (AvgIpc) is 3.26. The van der Waals surface area contributed by atoms with E-state index in [9.17, 15) is 24.3 Å². The summed E-state index contributed by atoms with van der Waals surface area (Å²) in [5, 5.41) is 24.2. The van der Waals surface area contributed by atoms with Crippen LogP contribution in [0.4, 0.5) is 10.7 Å². The summed E-state index contributed by atoms with van der Waals surface area (Å²) in [5.41, 5.74) is 3.23. The lowest BCUT2D eigenvalue weighted by molar-refractivity contribution is -0.147. The minimum absolute atomic E-state index is 0.0193. The fourth-order valence-electron chi connectivity index (χ4n) is 4.28. The molecule has 9 nitrogen and oxygen atoms in total. The van der Waals surface area contributed by atoms with Crippen molar-refractivity contribution in [2.24, 2.45) is 0 Å². The molecule has 0 spiro atoms. The molecule has 186 valence electrons. The van der Waals surface area contributed by atoms with Crippen LogP contribution in [0.15, 0.2) is 54.6 Å². The lowest BCUT2D eigenvalue weighted by atomic mass is 9.98. The number of rotatable bonds is 7. The van der Waals surface area contributed by atoms with E-state index in [4.69, 9.17) is 5.11 Å². The van der Waals surface area contributed by atoms with Crippen molar-refractivity contribution in [3.63, 3.8) is 0 Å². The Labute approximate surface area is 211 Å². The maximum absolute atomic E-state index is 12.9. The van der Waals surface area contributed by atoms with Crippen LogP contribution in [0.25, 0.3) is 11.1 Å². The van der Waals surface area contributed by atoms with Gasteiger partial charge >= 0.3 is 17.8 Å². The second-order valence-corrected chi connectivity index (χ2v) is 9.29. The normalized spacial score (nSPS) is 14.5. The third-order valence-electron chi connectivity index (χ3n) is 6.01. The first-order valence-electron chi connectivity index (χ1n) is 11.4. The van der Waals surface area contributed by atoms with Crippen LogP contribution >= 0.6 is 11.3 Å². The highest BCUT2D eigenvalue weighted by molar-refractivity contribution is 7.17. The number of nitrogens with zero attached hydrogens (tertiary/aromatic N) is 1. The molecule has 0 aliphatic carbocycles. The van der Waals surface area contributed by atoms with Crippen LogP contribution in [-0.2, 0) is 20.8 Å². The smallest absolute Gasteiger partial charge is 0.394 e. The molecule has 1 aliphatic rings. The van der Waals surface area contributed by atoms with Crippen molar-refractivity contribution in [3.05, 3.63) is 70.6 Å². The summed E-state index contributed by atoms with van der Waals surface area (Å²) in [6.45, 7) is 2.50. The Morgan fingerprint density at radius 1 is 1.03 bits per heavy atom. The van der Waals surface area contributed by atoms with Crippen molar-refractivity contribution in [1.82, 2.24) is 5.32 Å². The first-order valence-corrected chi connectivity index (χ1v) is 12.2. The molecule has 2 amide bonds. The van der Waals surface area contributed by atoms with Gasteiger partial charge in [-0.1, -0.05) is 49.4 Å². The van der Waals surface area contributed by atoms with Crippen LogP contribution in [0.1, 0.15) is 40.2 Å². The standard InChI is InChI=1S/C26H25N3O6S/c1-2-20(30)29(17-10-8-16(9-11-17)15-6-4-3-5-7-15)14-19-22-18(12-13-27-19)21(25(32)33)24(36-22)28-23(31)26(34)35/h3-11,19,27H,2,12-14H2,1H3,(H,28,31)(H,32,33)(H,34,35). The number of anilines is 2. The zero-order valence-corrected chi connectivity index (χ0v) is 20.3. The van der Waals surface area contributed by atoms with Gasteiger partial charge in [-0.3, -0.25) is 9.59 Å². The van der Waals surface area contributed by atoms with Crippen LogP contribution in [0, 0.1) is 0 Å². The number of hydrogen-bond acceptors (Lipinski definition) is 6. The number of carboxylic acid groups (broad SMARTS) is 2. The molecule has 0 radical (unpaired) electrons. The molecule has 2 heterocycles. The van der Waals surface area contributed by atoms with Crippen molar-refractivity contribution < 1.29 is 29.4 Å². The number of amides is 2. The molecule has 4 rings (SSSR count). The lowest BCUT2D eigenvalue weighted by Crippen LogP contribution is -2.41. The predicted octanol–water partition coefficient (Wildman–Crippen LogP) is 3.77. The summed E-state index contributed by atoms with van der Waals surface area (Å²) >= 11 is 1.02. The molecule has 0 saturated heterocycles. The topological polar surface area (TPSA) is 136 Å². The molecule has 1 aromatic heterocycles. The summed E-state index contributed by atoms with van der Waals surface area (Å²) < 4.78 is 0. The van der Waals surface area contributed by atoms with Crippen molar-refractivity contribution >= 4 is 45.8 Å². The zero-order valence-electron chi connectivity index (χ0n) is 19.5. The molecule has 1 aliphatic heterocycles. The average molecular weight is 508 g/mol. The van der Waals surface area contributed by atoms with E-state index in [1.807, 2.05) is 54.6 Å². The molecule has 10 heteroatoms. The van der Waals surface area contributed by atoms with Gasteiger partial charge in [0.05, 0.1) is 11.6 Å². The quantitative estimate of drug-likeness (QED) is 0.358. The van der Waals surface area contributed by atoms with E-state index >= 15 is 0 Å². The van der Waals surface area contributed by atoms with Crippen LogP contribution in [0.3, 0.4) is 0 Å². The van der Waals surface area contributed by atoms with E-state index in [0.717, 1.165) is 22.5 Å². The monoisotopic (exact) mass is 507 g/mol.